The lowest BCUT2D eigenvalue weighted by atomic mass is 10.00. The summed E-state index contributed by atoms with van der Waals surface area (Å²) in [6.45, 7) is 0. The molecule has 4 aromatic rings. The molecule has 0 aliphatic carbocycles. The second-order valence-electron chi connectivity index (χ2n) is 7.36. The summed E-state index contributed by atoms with van der Waals surface area (Å²) in [5.74, 6) is 0.0513. The van der Waals surface area contributed by atoms with Crippen LogP contribution >= 0.6 is 0 Å². The van der Waals surface area contributed by atoms with Gasteiger partial charge in [-0.3, -0.25) is 14.2 Å². The van der Waals surface area contributed by atoms with Gasteiger partial charge in [0.1, 0.15) is 18.0 Å². The Balaban J connectivity index is 1.87. The van der Waals surface area contributed by atoms with Gasteiger partial charge in [0, 0.05) is 7.05 Å². The number of para-hydroxylation sites is 2. The molecule has 0 unspecified atom stereocenters. The molecule has 1 aliphatic rings. The summed E-state index contributed by atoms with van der Waals surface area (Å²) < 4.78 is 1.47. The molecule has 0 fully saturated rings. The first-order valence-corrected chi connectivity index (χ1v) is 9.69. The van der Waals surface area contributed by atoms with E-state index in [9.17, 15) is 14.7 Å². The van der Waals surface area contributed by atoms with Crippen LogP contribution in [0.25, 0.3) is 16.6 Å². The van der Waals surface area contributed by atoms with Crippen LogP contribution in [-0.2, 0) is 0 Å². The van der Waals surface area contributed by atoms with Gasteiger partial charge in [-0.15, -0.1) is 0 Å². The quantitative estimate of drug-likeness (QED) is 0.563. The Hall–Kier alpha value is -3.77. The number of aromatic nitrogens is 2. The van der Waals surface area contributed by atoms with Crippen molar-refractivity contribution in [2.24, 2.45) is 0 Å². The van der Waals surface area contributed by atoms with Gasteiger partial charge < -0.3 is 10.0 Å². The lowest BCUT2D eigenvalue weighted by Crippen LogP contribution is -2.36. The summed E-state index contributed by atoms with van der Waals surface area (Å²) in [5.41, 5.74) is 1.76. The largest absolute Gasteiger partial charge is 0.386 e. The van der Waals surface area contributed by atoms with E-state index in [2.05, 4.69) is 0 Å². The molecule has 0 saturated carbocycles. The average Bonchev–Trinajstić information content (AvgIpc) is 2.88. The summed E-state index contributed by atoms with van der Waals surface area (Å²) in [6.07, 6.45) is -1.06. The number of amides is 1. The summed E-state index contributed by atoms with van der Waals surface area (Å²) in [7, 11) is 1.63. The van der Waals surface area contributed by atoms with E-state index < -0.39 is 12.1 Å². The highest BCUT2D eigenvalue weighted by molar-refractivity contribution is 5.98. The van der Waals surface area contributed by atoms with E-state index in [0.717, 1.165) is 0 Å². The Kier molecular flexibility index (Phi) is 4.22. The van der Waals surface area contributed by atoms with Crippen molar-refractivity contribution in [1.82, 2.24) is 14.5 Å². The van der Waals surface area contributed by atoms with Crippen LogP contribution in [0, 0.1) is 0 Å². The average molecular weight is 397 g/mol. The molecule has 6 nitrogen and oxygen atoms in total. The number of likely N-dealkylation sites (N-methyl/N-ethyl adjacent to an activating group) is 1. The molecule has 2 heterocycles. The molecule has 2 atom stereocenters. The Bertz CT molecular complexity index is 1330. The monoisotopic (exact) mass is 397 g/mol. The zero-order chi connectivity index (χ0) is 20.8. The van der Waals surface area contributed by atoms with Crippen molar-refractivity contribution in [3.8, 4) is 5.69 Å². The first-order valence-electron chi connectivity index (χ1n) is 9.69. The molecule has 0 bridgehead atoms. The molecule has 1 aromatic heterocycles. The molecule has 1 aliphatic heterocycles. The Morgan fingerprint density at radius 2 is 1.57 bits per heavy atom. The first kappa shape index (κ1) is 18.3. The van der Waals surface area contributed by atoms with Gasteiger partial charge in [0.25, 0.3) is 11.5 Å². The molecule has 0 radical (unpaired) electrons. The second kappa shape index (κ2) is 6.93. The highest BCUT2D eigenvalue weighted by atomic mass is 16.3. The topological polar surface area (TPSA) is 75.4 Å². The van der Waals surface area contributed by atoms with Crippen LogP contribution in [-0.4, -0.2) is 32.5 Å². The third kappa shape index (κ3) is 2.65. The third-order valence-electron chi connectivity index (χ3n) is 5.62. The van der Waals surface area contributed by atoms with Crippen LogP contribution in [0.3, 0.4) is 0 Å². The number of aliphatic hydroxyl groups is 1. The molecule has 6 heteroatoms. The number of benzene rings is 3. The van der Waals surface area contributed by atoms with Gasteiger partial charge in [-0.05, 0) is 29.8 Å². The maximum absolute atomic E-state index is 13.5. The van der Waals surface area contributed by atoms with Crippen molar-refractivity contribution >= 4 is 16.8 Å². The van der Waals surface area contributed by atoms with E-state index >= 15 is 0 Å². The molecule has 0 saturated heterocycles. The fraction of sp³-hybridized carbons (Fsp3) is 0.125. The van der Waals surface area contributed by atoms with Gasteiger partial charge >= 0.3 is 0 Å². The van der Waals surface area contributed by atoms with E-state index in [1.165, 1.54) is 9.47 Å². The minimum atomic E-state index is -1.06. The maximum atomic E-state index is 13.5. The molecular formula is C24H19N3O3. The first-order chi connectivity index (χ1) is 14.6. The van der Waals surface area contributed by atoms with E-state index in [0.29, 0.717) is 33.5 Å². The van der Waals surface area contributed by atoms with Gasteiger partial charge in [-0.2, -0.15) is 0 Å². The van der Waals surface area contributed by atoms with E-state index in [-0.39, 0.29) is 11.5 Å². The molecule has 5 rings (SSSR count). The van der Waals surface area contributed by atoms with Crippen LogP contribution in [0.2, 0.25) is 0 Å². The minimum Gasteiger partial charge on any atom is -0.386 e. The van der Waals surface area contributed by atoms with Crippen LogP contribution in [0.4, 0.5) is 0 Å². The maximum Gasteiger partial charge on any atom is 0.266 e. The number of hydrogen-bond acceptors (Lipinski definition) is 4. The van der Waals surface area contributed by atoms with Gasteiger partial charge in [-0.1, -0.05) is 54.6 Å². The lowest BCUT2D eigenvalue weighted by molar-refractivity contribution is 0.0413. The zero-order valence-corrected chi connectivity index (χ0v) is 16.3. The zero-order valence-electron chi connectivity index (χ0n) is 16.3. The fourth-order valence-electron chi connectivity index (χ4n) is 4.11. The van der Waals surface area contributed by atoms with Crippen molar-refractivity contribution in [2.45, 2.75) is 12.1 Å². The lowest BCUT2D eigenvalue weighted by Gasteiger charge is -2.30. The van der Waals surface area contributed by atoms with Crippen molar-refractivity contribution in [1.29, 1.82) is 0 Å². The number of fused-ring (bicyclic) bond motifs is 4. The smallest absolute Gasteiger partial charge is 0.266 e. The van der Waals surface area contributed by atoms with Crippen LogP contribution < -0.4 is 5.56 Å². The molecule has 1 N–H and O–H groups in total. The van der Waals surface area contributed by atoms with Crippen molar-refractivity contribution < 1.29 is 9.90 Å². The van der Waals surface area contributed by atoms with E-state index in [4.69, 9.17) is 4.98 Å². The number of rotatable bonds is 2. The Morgan fingerprint density at radius 1 is 0.900 bits per heavy atom. The number of aliphatic hydroxyl groups excluding tert-OH is 1. The van der Waals surface area contributed by atoms with Crippen LogP contribution in [0.1, 0.15) is 33.9 Å². The Morgan fingerprint density at radius 3 is 2.37 bits per heavy atom. The number of hydrogen-bond donors (Lipinski definition) is 1. The number of carbonyl (C=O) groups excluding carboxylic acids is 1. The second-order valence-corrected chi connectivity index (χ2v) is 7.36. The predicted octanol–water partition coefficient (Wildman–Crippen LogP) is 3.25. The van der Waals surface area contributed by atoms with Crippen LogP contribution in [0.5, 0.6) is 0 Å². The summed E-state index contributed by atoms with van der Waals surface area (Å²) in [5, 5.41) is 11.8. The van der Waals surface area contributed by atoms with Gasteiger partial charge in [-0.25, -0.2) is 4.98 Å². The number of nitrogens with zero attached hydrogens (tertiary/aromatic N) is 3. The van der Waals surface area contributed by atoms with E-state index in [1.807, 2.05) is 24.3 Å². The fourth-order valence-corrected chi connectivity index (χ4v) is 4.11. The SMILES string of the molecule is CN1C(=O)c2ccccc2-n2c(nc3ccccc3c2=O)[C@@H]1[C@@H](O)c1ccccc1. The Labute approximate surface area is 172 Å². The minimum absolute atomic E-state index is 0.267. The van der Waals surface area contributed by atoms with Gasteiger partial charge in [0.15, 0.2) is 0 Å². The standard InChI is InChI=1S/C24H19N3O3/c1-26-20(21(28)15-9-3-2-4-10-15)22-25-18-13-7-5-11-16(18)24(30)27(22)19-14-8-6-12-17(19)23(26)29/h2-14,20-21,28H,1H3/t20-,21-/m0/s1. The predicted molar refractivity (Wildman–Crippen MR) is 114 cm³/mol. The molecule has 3 aromatic carbocycles. The third-order valence-corrected chi connectivity index (χ3v) is 5.62. The van der Waals surface area contributed by atoms with Crippen LogP contribution in [0.15, 0.2) is 83.7 Å². The molecule has 0 spiro atoms. The summed E-state index contributed by atoms with van der Waals surface area (Å²) in [4.78, 5) is 33.1. The molecule has 148 valence electrons. The molecular weight excluding hydrogens is 378 g/mol. The van der Waals surface area contributed by atoms with Crippen molar-refractivity contribution in [2.75, 3.05) is 7.05 Å². The molecule has 30 heavy (non-hydrogen) atoms. The highest BCUT2D eigenvalue weighted by Gasteiger charge is 2.38. The van der Waals surface area contributed by atoms with Gasteiger partial charge in [0.2, 0.25) is 0 Å². The van der Waals surface area contributed by atoms with Crippen molar-refractivity contribution in [3.63, 3.8) is 0 Å². The number of carbonyl (C=O) groups is 1. The van der Waals surface area contributed by atoms with Gasteiger partial charge in [0.05, 0.1) is 22.2 Å². The highest BCUT2D eigenvalue weighted by Crippen LogP contribution is 2.37. The van der Waals surface area contributed by atoms with Crippen molar-refractivity contribution in [3.05, 3.63) is 106 Å². The molecule has 1 amide bonds. The summed E-state index contributed by atoms with van der Waals surface area (Å²) >= 11 is 0. The summed E-state index contributed by atoms with van der Waals surface area (Å²) in [6, 6.07) is 22.3. The normalized spacial score (nSPS) is 16.7. The van der Waals surface area contributed by atoms with E-state index in [1.54, 1.807) is 61.6 Å².